The van der Waals surface area contributed by atoms with E-state index in [1.807, 2.05) is 6.07 Å². The Hall–Kier alpha value is -2.53. The van der Waals surface area contributed by atoms with Crippen LogP contribution in [0.4, 0.5) is 0 Å². The molecule has 2 aromatic carbocycles. The molecule has 0 unspecified atom stereocenters. The summed E-state index contributed by atoms with van der Waals surface area (Å²) in [6, 6.07) is 8.82. The number of aliphatic hydroxyl groups is 1. The van der Waals surface area contributed by atoms with Crippen molar-refractivity contribution in [2.45, 2.75) is 57.5 Å². The Balaban J connectivity index is 1.52. The maximum atomic E-state index is 13.4. The summed E-state index contributed by atoms with van der Waals surface area (Å²) >= 11 is 0. The van der Waals surface area contributed by atoms with Crippen LogP contribution < -0.4 is 9.47 Å². The third-order valence-corrected chi connectivity index (χ3v) is 8.65. The van der Waals surface area contributed by atoms with E-state index in [0.717, 1.165) is 44.1 Å². The Morgan fingerprint density at radius 2 is 1.72 bits per heavy atom. The fourth-order valence-electron chi connectivity index (χ4n) is 6.86. The van der Waals surface area contributed by atoms with E-state index in [1.165, 1.54) is 5.56 Å². The smallest absolute Gasteiger partial charge is 0.197 e. The summed E-state index contributed by atoms with van der Waals surface area (Å²) in [6.07, 6.45) is 5.81. The number of ether oxygens (including phenoxy) is 2. The van der Waals surface area contributed by atoms with Crippen molar-refractivity contribution < 1.29 is 24.5 Å². The minimum absolute atomic E-state index is 0.0192. The van der Waals surface area contributed by atoms with Gasteiger partial charge in [0.2, 0.25) is 0 Å². The van der Waals surface area contributed by atoms with Crippen LogP contribution in [0.25, 0.3) is 0 Å². The molecule has 0 spiro atoms. The molecule has 0 bridgehead atoms. The third kappa shape index (κ3) is 3.21. The van der Waals surface area contributed by atoms with Crippen molar-refractivity contribution in [3.05, 3.63) is 52.6 Å². The second kappa shape index (κ2) is 7.80. The van der Waals surface area contributed by atoms with Crippen molar-refractivity contribution >= 4 is 5.78 Å². The van der Waals surface area contributed by atoms with Crippen LogP contribution in [0.1, 0.15) is 72.0 Å². The highest BCUT2D eigenvalue weighted by atomic mass is 16.5. The minimum Gasteiger partial charge on any atom is -0.507 e. The molecule has 0 radical (unpaired) electrons. The number of phenolic OH excluding ortho intramolecular Hbond substituents is 1. The molecule has 5 rings (SSSR count). The highest BCUT2D eigenvalue weighted by Crippen LogP contribution is 2.61. The number of carbonyl (C=O) groups is 1. The third-order valence-electron chi connectivity index (χ3n) is 8.65. The van der Waals surface area contributed by atoms with Crippen LogP contribution in [0.2, 0.25) is 0 Å². The molecule has 3 aliphatic rings. The van der Waals surface area contributed by atoms with Gasteiger partial charge in [-0.1, -0.05) is 6.92 Å². The summed E-state index contributed by atoms with van der Waals surface area (Å²) in [5.41, 5.74) is 3.15. The summed E-state index contributed by atoms with van der Waals surface area (Å²) in [5, 5.41) is 21.4. The number of benzene rings is 2. The van der Waals surface area contributed by atoms with Crippen molar-refractivity contribution in [3.63, 3.8) is 0 Å². The van der Waals surface area contributed by atoms with E-state index in [4.69, 9.17) is 9.47 Å². The molecule has 5 atom stereocenters. The van der Waals surface area contributed by atoms with Gasteiger partial charge in [-0.25, -0.2) is 0 Å². The number of ketones is 1. The number of fused-ring (bicyclic) bond motifs is 5. The molecular formula is C27H32O5. The molecule has 2 saturated carbocycles. The van der Waals surface area contributed by atoms with Gasteiger partial charge in [0.05, 0.1) is 25.9 Å². The Morgan fingerprint density at radius 3 is 2.41 bits per heavy atom. The zero-order valence-corrected chi connectivity index (χ0v) is 19.1. The maximum Gasteiger partial charge on any atom is 0.197 e. The lowest BCUT2D eigenvalue weighted by Gasteiger charge is -2.50. The molecule has 0 heterocycles. The average molecular weight is 437 g/mol. The van der Waals surface area contributed by atoms with Crippen LogP contribution in [0.15, 0.2) is 30.3 Å². The SMILES string of the molecule is COc1cc(OC)cc(C(=O)c2cc3c(cc2O)CC[C@@H]2[C@@H]3CC[C@]3(C)[C@@H](O)CC[C@@H]23)c1. The lowest BCUT2D eigenvalue weighted by molar-refractivity contribution is -0.0226. The molecule has 2 fully saturated rings. The molecule has 0 aliphatic heterocycles. The first kappa shape index (κ1) is 21.3. The average Bonchev–Trinajstić information content (AvgIpc) is 3.12. The number of carbonyl (C=O) groups excluding carboxylic acids is 1. The van der Waals surface area contributed by atoms with Gasteiger partial charge in [0, 0.05) is 11.6 Å². The lowest BCUT2D eigenvalue weighted by Crippen LogP contribution is -2.44. The Labute approximate surface area is 189 Å². The summed E-state index contributed by atoms with van der Waals surface area (Å²) in [7, 11) is 3.10. The van der Waals surface area contributed by atoms with E-state index in [9.17, 15) is 15.0 Å². The van der Waals surface area contributed by atoms with E-state index < -0.39 is 0 Å². The molecular weight excluding hydrogens is 404 g/mol. The first-order chi connectivity index (χ1) is 15.4. The van der Waals surface area contributed by atoms with E-state index in [2.05, 4.69) is 6.92 Å². The molecule has 2 aromatic rings. The second-order valence-corrected chi connectivity index (χ2v) is 10.1. The number of hydrogen-bond acceptors (Lipinski definition) is 5. The fourth-order valence-corrected chi connectivity index (χ4v) is 6.86. The van der Waals surface area contributed by atoms with Gasteiger partial charge >= 0.3 is 0 Å². The largest absolute Gasteiger partial charge is 0.507 e. The minimum atomic E-state index is -0.235. The van der Waals surface area contributed by atoms with Gasteiger partial charge in [-0.05, 0) is 97.1 Å². The molecule has 170 valence electrons. The van der Waals surface area contributed by atoms with Gasteiger partial charge in [0.15, 0.2) is 5.78 Å². The number of hydrogen-bond donors (Lipinski definition) is 2. The fraction of sp³-hybridized carbons (Fsp3) is 0.519. The second-order valence-electron chi connectivity index (χ2n) is 10.1. The van der Waals surface area contributed by atoms with E-state index in [1.54, 1.807) is 38.5 Å². The lowest BCUT2D eigenvalue weighted by atomic mass is 9.55. The summed E-state index contributed by atoms with van der Waals surface area (Å²) < 4.78 is 10.6. The molecule has 2 N–H and O–H groups in total. The zero-order valence-electron chi connectivity index (χ0n) is 19.1. The Bertz CT molecular complexity index is 1040. The quantitative estimate of drug-likeness (QED) is 0.670. The highest BCUT2D eigenvalue weighted by molar-refractivity contribution is 6.11. The number of phenols is 1. The standard InChI is InChI=1S/C27H32O5/c1-27-9-8-19-20(23(27)6-7-25(27)29)5-4-15-12-24(28)22(14-21(15)19)26(30)16-10-17(31-2)13-18(11-16)32-3/h10-14,19-20,23,25,28-29H,4-9H2,1-3H3/t19-,20+,23-,25-,27-/m0/s1. The molecule has 0 aromatic heterocycles. The summed E-state index contributed by atoms with van der Waals surface area (Å²) in [4.78, 5) is 13.4. The number of aliphatic hydroxyl groups excluding tert-OH is 1. The molecule has 0 amide bonds. The van der Waals surface area contributed by atoms with Crippen molar-refractivity contribution in [1.82, 2.24) is 0 Å². The monoisotopic (exact) mass is 436 g/mol. The summed E-state index contributed by atoms with van der Waals surface area (Å²) in [5.74, 6) is 2.32. The topological polar surface area (TPSA) is 76.0 Å². The number of aryl methyl sites for hydroxylation is 1. The summed E-state index contributed by atoms with van der Waals surface area (Å²) in [6.45, 7) is 2.27. The Kier molecular flexibility index (Phi) is 5.20. The molecule has 3 aliphatic carbocycles. The molecule has 32 heavy (non-hydrogen) atoms. The normalized spacial score (nSPS) is 30.8. The van der Waals surface area contributed by atoms with Crippen LogP contribution in [-0.4, -0.2) is 36.3 Å². The molecule has 5 heteroatoms. The van der Waals surface area contributed by atoms with Crippen molar-refractivity contribution in [3.8, 4) is 17.2 Å². The Morgan fingerprint density at radius 1 is 1.00 bits per heavy atom. The van der Waals surface area contributed by atoms with Crippen LogP contribution >= 0.6 is 0 Å². The van der Waals surface area contributed by atoms with Crippen LogP contribution in [0.3, 0.4) is 0 Å². The van der Waals surface area contributed by atoms with Crippen LogP contribution in [-0.2, 0) is 6.42 Å². The number of methoxy groups -OCH3 is 2. The maximum absolute atomic E-state index is 13.4. The van der Waals surface area contributed by atoms with Gasteiger partial charge < -0.3 is 19.7 Å². The van der Waals surface area contributed by atoms with Crippen molar-refractivity contribution in [2.75, 3.05) is 14.2 Å². The zero-order chi connectivity index (χ0) is 22.6. The number of aromatic hydroxyl groups is 1. The van der Waals surface area contributed by atoms with Gasteiger partial charge in [-0.15, -0.1) is 0 Å². The first-order valence-electron chi connectivity index (χ1n) is 11.7. The van der Waals surface area contributed by atoms with E-state index >= 15 is 0 Å². The van der Waals surface area contributed by atoms with Crippen molar-refractivity contribution in [1.29, 1.82) is 0 Å². The number of rotatable bonds is 4. The highest BCUT2D eigenvalue weighted by Gasteiger charge is 2.54. The van der Waals surface area contributed by atoms with Crippen LogP contribution in [0.5, 0.6) is 17.2 Å². The van der Waals surface area contributed by atoms with E-state index in [0.29, 0.717) is 40.4 Å². The van der Waals surface area contributed by atoms with Gasteiger partial charge in [-0.3, -0.25) is 4.79 Å². The first-order valence-corrected chi connectivity index (χ1v) is 11.7. The predicted octanol–water partition coefficient (Wildman–Crippen LogP) is 4.86. The van der Waals surface area contributed by atoms with E-state index in [-0.39, 0.29) is 23.1 Å². The van der Waals surface area contributed by atoms with Gasteiger partial charge in [0.1, 0.15) is 17.2 Å². The van der Waals surface area contributed by atoms with Gasteiger partial charge in [0.25, 0.3) is 0 Å². The van der Waals surface area contributed by atoms with Crippen molar-refractivity contribution in [2.24, 2.45) is 17.3 Å². The molecule has 5 nitrogen and oxygen atoms in total. The van der Waals surface area contributed by atoms with Gasteiger partial charge in [-0.2, -0.15) is 0 Å². The molecule has 0 saturated heterocycles. The van der Waals surface area contributed by atoms with Crippen LogP contribution in [0, 0.1) is 17.3 Å². The predicted molar refractivity (Wildman–Crippen MR) is 122 cm³/mol.